The van der Waals surface area contributed by atoms with E-state index in [1.54, 1.807) is 12.1 Å². The van der Waals surface area contributed by atoms with E-state index in [-0.39, 0.29) is 11.9 Å². The zero-order chi connectivity index (χ0) is 13.0. The summed E-state index contributed by atoms with van der Waals surface area (Å²) < 4.78 is 11.1. The molecule has 5 heteroatoms. The van der Waals surface area contributed by atoms with E-state index >= 15 is 0 Å². The van der Waals surface area contributed by atoms with Gasteiger partial charge in [-0.2, -0.15) is 0 Å². The van der Waals surface area contributed by atoms with Crippen LogP contribution in [0.25, 0.3) is 0 Å². The fourth-order valence-electron chi connectivity index (χ4n) is 1.46. The summed E-state index contributed by atoms with van der Waals surface area (Å²) >= 11 is 3.34. The van der Waals surface area contributed by atoms with E-state index in [0.29, 0.717) is 17.1 Å². The van der Waals surface area contributed by atoms with Gasteiger partial charge in [0, 0.05) is 6.04 Å². The first kappa shape index (κ1) is 13.8. The molecule has 0 unspecified atom stereocenters. The average Bonchev–Trinajstić information content (AvgIpc) is 2.27. The SMILES string of the molecule is COc1ccc(Br)c(OC)c1C(=O)NC(C)C. The van der Waals surface area contributed by atoms with Gasteiger partial charge in [-0.05, 0) is 41.9 Å². The molecule has 0 aromatic heterocycles. The molecule has 0 aliphatic heterocycles. The Hall–Kier alpha value is -1.23. The first-order valence-electron chi connectivity index (χ1n) is 5.22. The Labute approximate surface area is 109 Å². The third kappa shape index (κ3) is 3.12. The first-order chi connectivity index (χ1) is 8.01. The number of carbonyl (C=O) groups excluding carboxylic acids is 1. The summed E-state index contributed by atoms with van der Waals surface area (Å²) in [6.45, 7) is 3.80. The number of hydrogen-bond acceptors (Lipinski definition) is 3. The van der Waals surface area contributed by atoms with Crippen molar-refractivity contribution < 1.29 is 14.3 Å². The fourth-order valence-corrected chi connectivity index (χ4v) is 1.95. The molecular formula is C12H16BrNO3. The minimum absolute atomic E-state index is 0.0518. The van der Waals surface area contributed by atoms with Crippen LogP contribution in [0.2, 0.25) is 0 Å². The smallest absolute Gasteiger partial charge is 0.259 e. The van der Waals surface area contributed by atoms with Crippen molar-refractivity contribution in [2.75, 3.05) is 14.2 Å². The van der Waals surface area contributed by atoms with E-state index in [2.05, 4.69) is 21.2 Å². The molecule has 0 spiro atoms. The molecule has 1 N–H and O–H groups in total. The fraction of sp³-hybridized carbons (Fsp3) is 0.417. The summed E-state index contributed by atoms with van der Waals surface area (Å²) in [4.78, 5) is 12.1. The molecule has 1 rings (SSSR count). The molecule has 0 bridgehead atoms. The molecule has 0 aliphatic rings. The van der Waals surface area contributed by atoms with E-state index < -0.39 is 0 Å². The van der Waals surface area contributed by atoms with Gasteiger partial charge in [0.2, 0.25) is 0 Å². The maximum absolute atomic E-state index is 12.1. The second-order valence-corrected chi connectivity index (χ2v) is 4.64. The third-order valence-corrected chi connectivity index (χ3v) is 2.77. The molecule has 0 saturated carbocycles. The molecule has 17 heavy (non-hydrogen) atoms. The Morgan fingerprint density at radius 2 is 1.94 bits per heavy atom. The molecule has 94 valence electrons. The summed E-state index contributed by atoms with van der Waals surface area (Å²) in [6.07, 6.45) is 0. The quantitative estimate of drug-likeness (QED) is 0.930. The van der Waals surface area contributed by atoms with Crippen molar-refractivity contribution in [1.29, 1.82) is 0 Å². The highest BCUT2D eigenvalue weighted by atomic mass is 79.9. The number of benzene rings is 1. The highest BCUT2D eigenvalue weighted by molar-refractivity contribution is 9.10. The number of rotatable bonds is 4. The highest BCUT2D eigenvalue weighted by Crippen LogP contribution is 2.35. The number of hydrogen-bond donors (Lipinski definition) is 1. The molecule has 1 aromatic carbocycles. The molecule has 1 amide bonds. The summed E-state index contributed by atoms with van der Waals surface area (Å²) in [5, 5.41) is 2.82. The molecule has 0 radical (unpaired) electrons. The standard InChI is InChI=1S/C12H16BrNO3/c1-7(2)14-12(15)10-9(16-3)6-5-8(13)11(10)17-4/h5-7H,1-4H3,(H,14,15). The Balaban J connectivity index is 3.26. The van der Waals surface area contributed by atoms with Crippen LogP contribution in [0.1, 0.15) is 24.2 Å². The highest BCUT2D eigenvalue weighted by Gasteiger charge is 2.21. The van der Waals surface area contributed by atoms with Crippen LogP contribution in [0.15, 0.2) is 16.6 Å². The normalized spacial score (nSPS) is 10.2. The van der Waals surface area contributed by atoms with Crippen LogP contribution in [0, 0.1) is 0 Å². The van der Waals surface area contributed by atoms with E-state index in [1.165, 1.54) is 14.2 Å². The van der Waals surface area contributed by atoms with Crippen LogP contribution in [-0.4, -0.2) is 26.2 Å². The van der Waals surface area contributed by atoms with Crippen LogP contribution >= 0.6 is 15.9 Å². The van der Waals surface area contributed by atoms with Gasteiger partial charge in [-0.25, -0.2) is 0 Å². The van der Waals surface area contributed by atoms with Gasteiger partial charge < -0.3 is 14.8 Å². The summed E-state index contributed by atoms with van der Waals surface area (Å²) in [5.74, 6) is 0.751. The van der Waals surface area contributed by atoms with Crippen molar-refractivity contribution >= 4 is 21.8 Å². The number of carbonyl (C=O) groups is 1. The summed E-state index contributed by atoms with van der Waals surface area (Å²) in [5.41, 5.74) is 0.401. The number of methoxy groups -OCH3 is 2. The largest absolute Gasteiger partial charge is 0.496 e. The Kier molecular flexibility index (Phi) is 4.81. The monoisotopic (exact) mass is 301 g/mol. The molecule has 1 aromatic rings. The van der Waals surface area contributed by atoms with Crippen LogP contribution in [0.4, 0.5) is 0 Å². The van der Waals surface area contributed by atoms with Crippen LogP contribution in [0.3, 0.4) is 0 Å². The number of halogens is 1. The molecule has 0 fully saturated rings. The van der Waals surface area contributed by atoms with Crippen molar-refractivity contribution in [1.82, 2.24) is 5.32 Å². The van der Waals surface area contributed by atoms with Gasteiger partial charge in [0.05, 0.1) is 18.7 Å². The molecular weight excluding hydrogens is 286 g/mol. The van der Waals surface area contributed by atoms with Gasteiger partial charge in [-0.15, -0.1) is 0 Å². The zero-order valence-electron chi connectivity index (χ0n) is 10.3. The molecule has 0 atom stereocenters. The van der Waals surface area contributed by atoms with E-state index in [4.69, 9.17) is 9.47 Å². The van der Waals surface area contributed by atoms with Crippen LogP contribution in [0.5, 0.6) is 11.5 Å². The number of amides is 1. The molecule has 0 aliphatic carbocycles. The number of nitrogens with one attached hydrogen (secondary N) is 1. The molecule has 0 heterocycles. The Bertz CT molecular complexity index is 418. The van der Waals surface area contributed by atoms with E-state index in [0.717, 1.165) is 4.47 Å². The van der Waals surface area contributed by atoms with Crippen LogP contribution in [-0.2, 0) is 0 Å². The second-order valence-electron chi connectivity index (χ2n) is 3.79. The Morgan fingerprint density at radius 3 is 2.41 bits per heavy atom. The van der Waals surface area contributed by atoms with Crippen LogP contribution < -0.4 is 14.8 Å². The minimum Gasteiger partial charge on any atom is -0.496 e. The van der Waals surface area contributed by atoms with Crippen molar-refractivity contribution in [2.24, 2.45) is 0 Å². The van der Waals surface area contributed by atoms with Crippen molar-refractivity contribution in [3.8, 4) is 11.5 Å². The molecule has 4 nitrogen and oxygen atoms in total. The second kappa shape index (κ2) is 5.91. The van der Waals surface area contributed by atoms with Gasteiger partial charge in [0.25, 0.3) is 5.91 Å². The zero-order valence-corrected chi connectivity index (χ0v) is 11.9. The summed E-state index contributed by atoms with van der Waals surface area (Å²) in [7, 11) is 3.04. The van der Waals surface area contributed by atoms with Gasteiger partial charge in [-0.3, -0.25) is 4.79 Å². The third-order valence-electron chi connectivity index (χ3n) is 2.14. The lowest BCUT2D eigenvalue weighted by molar-refractivity contribution is 0.0936. The Morgan fingerprint density at radius 1 is 1.29 bits per heavy atom. The van der Waals surface area contributed by atoms with Crippen molar-refractivity contribution in [2.45, 2.75) is 19.9 Å². The topological polar surface area (TPSA) is 47.6 Å². The lowest BCUT2D eigenvalue weighted by atomic mass is 10.1. The lowest BCUT2D eigenvalue weighted by Crippen LogP contribution is -2.30. The van der Waals surface area contributed by atoms with Gasteiger partial charge in [0.1, 0.15) is 17.1 Å². The predicted molar refractivity (Wildman–Crippen MR) is 69.8 cm³/mol. The maximum atomic E-state index is 12.1. The van der Waals surface area contributed by atoms with Gasteiger partial charge in [0.15, 0.2) is 0 Å². The van der Waals surface area contributed by atoms with Crippen molar-refractivity contribution in [3.63, 3.8) is 0 Å². The van der Waals surface area contributed by atoms with Crippen molar-refractivity contribution in [3.05, 3.63) is 22.2 Å². The van der Waals surface area contributed by atoms with E-state index in [9.17, 15) is 4.79 Å². The molecule has 0 saturated heterocycles. The first-order valence-corrected chi connectivity index (χ1v) is 6.01. The maximum Gasteiger partial charge on any atom is 0.259 e. The number of ether oxygens (including phenoxy) is 2. The average molecular weight is 302 g/mol. The summed E-state index contributed by atoms with van der Waals surface area (Å²) in [6, 6.07) is 3.56. The lowest BCUT2D eigenvalue weighted by Gasteiger charge is -2.15. The van der Waals surface area contributed by atoms with Gasteiger partial charge >= 0.3 is 0 Å². The predicted octanol–water partition coefficient (Wildman–Crippen LogP) is 2.60. The van der Waals surface area contributed by atoms with Gasteiger partial charge in [-0.1, -0.05) is 0 Å². The minimum atomic E-state index is -0.213. The van der Waals surface area contributed by atoms with E-state index in [1.807, 2.05) is 13.8 Å².